The quantitative estimate of drug-likeness (QED) is 0.291. The van der Waals surface area contributed by atoms with Crippen molar-refractivity contribution in [3.05, 3.63) is 0 Å². The first kappa shape index (κ1) is 28.1. The van der Waals surface area contributed by atoms with Crippen molar-refractivity contribution in [2.24, 2.45) is 11.3 Å². The molecule has 1 unspecified atom stereocenters. The zero-order valence-electron chi connectivity index (χ0n) is 19.3. The van der Waals surface area contributed by atoms with Crippen LogP contribution in [0.15, 0.2) is 0 Å². The third-order valence-corrected chi connectivity index (χ3v) is 4.15. The molecule has 0 heterocycles. The Morgan fingerprint density at radius 1 is 0.654 bits per heavy atom. The van der Waals surface area contributed by atoms with Crippen molar-refractivity contribution in [1.82, 2.24) is 21.3 Å². The molecule has 4 nitrogen and oxygen atoms in total. The second-order valence-electron chi connectivity index (χ2n) is 8.32. The van der Waals surface area contributed by atoms with Crippen LogP contribution in [0.2, 0.25) is 0 Å². The molecule has 0 amide bonds. The molecule has 0 rings (SSSR count). The third kappa shape index (κ3) is 26.1. The van der Waals surface area contributed by atoms with Gasteiger partial charge in [-0.1, -0.05) is 48.5 Å². The summed E-state index contributed by atoms with van der Waals surface area (Å²) in [4.78, 5) is 0. The number of nitrogens with one attached hydrogen (secondary N) is 4. The molecule has 0 spiro atoms. The maximum Gasteiger partial charge on any atom is -0.00368 e. The highest BCUT2D eigenvalue weighted by Crippen LogP contribution is 2.25. The fourth-order valence-corrected chi connectivity index (χ4v) is 3.06. The number of hydrogen-bond donors (Lipinski definition) is 4. The highest BCUT2D eigenvalue weighted by Gasteiger charge is 2.14. The standard InChI is InChI=1S/C20H46N4.C2H6/c1-6-21-11-7-12-22-13-8-14-23-15-9-16-24-17-10-19(2)18-20(3,4)5;1-2/h19,21-24H,6-18H2,1-5H3;1-2H3. The van der Waals surface area contributed by atoms with E-state index < -0.39 is 0 Å². The van der Waals surface area contributed by atoms with Crippen molar-refractivity contribution in [3.8, 4) is 0 Å². The van der Waals surface area contributed by atoms with Crippen LogP contribution in [0.3, 0.4) is 0 Å². The minimum absolute atomic E-state index is 0.463. The van der Waals surface area contributed by atoms with Crippen molar-refractivity contribution in [2.75, 3.05) is 52.4 Å². The fraction of sp³-hybridized carbons (Fsp3) is 1.00. The lowest BCUT2D eigenvalue weighted by atomic mass is 9.84. The summed E-state index contributed by atoms with van der Waals surface area (Å²) in [5.74, 6) is 0.820. The van der Waals surface area contributed by atoms with E-state index >= 15 is 0 Å². The molecule has 26 heavy (non-hydrogen) atoms. The highest BCUT2D eigenvalue weighted by atomic mass is 14.9. The Bertz CT molecular complexity index is 251. The minimum Gasteiger partial charge on any atom is -0.317 e. The van der Waals surface area contributed by atoms with Crippen LogP contribution in [0.4, 0.5) is 0 Å². The molecule has 0 aliphatic heterocycles. The predicted molar refractivity (Wildman–Crippen MR) is 120 cm³/mol. The van der Waals surface area contributed by atoms with Crippen LogP contribution in [0.25, 0.3) is 0 Å². The van der Waals surface area contributed by atoms with E-state index in [9.17, 15) is 0 Å². The lowest BCUT2D eigenvalue weighted by molar-refractivity contribution is 0.294. The maximum absolute atomic E-state index is 3.58. The molecular weight excluding hydrogens is 320 g/mol. The zero-order valence-corrected chi connectivity index (χ0v) is 19.3. The minimum atomic E-state index is 0.463. The molecular formula is C22H52N4. The summed E-state index contributed by atoms with van der Waals surface area (Å²) in [5.41, 5.74) is 0.463. The summed E-state index contributed by atoms with van der Waals surface area (Å²) in [6.45, 7) is 24.6. The molecule has 0 fully saturated rings. The second kappa shape index (κ2) is 21.1. The van der Waals surface area contributed by atoms with Crippen molar-refractivity contribution >= 4 is 0 Å². The van der Waals surface area contributed by atoms with Gasteiger partial charge in [-0.2, -0.15) is 0 Å². The summed E-state index contributed by atoms with van der Waals surface area (Å²) in [7, 11) is 0. The molecule has 0 aromatic rings. The summed E-state index contributed by atoms with van der Waals surface area (Å²) >= 11 is 0. The molecule has 0 radical (unpaired) electrons. The third-order valence-electron chi connectivity index (χ3n) is 4.15. The van der Waals surface area contributed by atoms with E-state index in [-0.39, 0.29) is 0 Å². The molecule has 0 bridgehead atoms. The Hall–Kier alpha value is -0.160. The molecule has 0 aliphatic carbocycles. The Morgan fingerprint density at radius 2 is 1.04 bits per heavy atom. The first-order chi connectivity index (χ1) is 12.5. The van der Waals surface area contributed by atoms with Crippen LogP contribution in [0.5, 0.6) is 0 Å². The summed E-state index contributed by atoms with van der Waals surface area (Å²) in [6, 6.07) is 0. The predicted octanol–water partition coefficient (Wildman–Crippen LogP) is 4.02. The van der Waals surface area contributed by atoms with Gasteiger partial charge in [0.15, 0.2) is 0 Å². The Labute approximate surface area is 166 Å². The lowest BCUT2D eigenvalue weighted by Crippen LogP contribution is -2.27. The molecule has 0 aromatic heterocycles. The maximum atomic E-state index is 3.58. The van der Waals surface area contributed by atoms with E-state index in [1.165, 1.54) is 32.1 Å². The van der Waals surface area contributed by atoms with Gasteiger partial charge in [0.2, 0.25) is 0 Å². The van der Waals surface area contributed by atoms with Crippen LogP contribution in [-0.4, -0.2) is 52.4 Å². The van der Waals surface area contributed by atoms with E-state index in [2.05, 4.69) is 55.9 Å². The van der Waals surface area contributed by atoms with Gasteiger partial charge < -0.3 is 21.3 Å². The average molecular weight is 373 g/mol. The second-order valence-corrected chi connectivity index (χ2v) is 8.32. The first-order valence-corrected chi connectivity index (χ1v) is 11.3. The van der Waals surface area contributed by atoms with Gasteiger partial charge in [0.05, 0.1) is 0 Å². The fourth-order valence-electron chi connectivity index (χ4n) is 3.06. The van der Waals surface area contributed by atoms with Crippen LogP contribution in [-0.2, 0) is 0 Å². The highest BCUT2D eigenvalue weighted by molar-refractivity contribution is 4.67. The topological polar surface area (TPSA) is 48.1 Å². The van der Waals surface area contributed by atoms with Crippen molar-refractivity contribution < 1.29 is 0 Å². The average Bonchev–Trinajstić information content (AvgIpc) is 2.58. The van der Waals surface area contributed by atoms with E-state index in [0.29, 0.717) is 5.41 Å². The zero-order chi connectivity index (χ0) is 20.1. The smallest absolute Gasteiger partial charge is 0.00368 e. The van der Waals surface area contributed by atoms with Gasteiger partial charge in [0.1, 0.15) is 0 Å². The normalized spacial score (nSPS) is 12.6. The molecule has 1 atom stereocenters. The first-order valence-electron chi connectivity index (χ1n) is 11.3. The van der Waals surface area contributed by atoms with E-state index in [0.717, 1.165) is 58.3 Å². The van der Waals surface area contributed by atoms with Gasteiger partial charge >= 0.3 is 0 Å². The summed E-state index contributed by atoms with van der Waals surface area (Å²) in [5, 5.41) is 14.0. The van der Waals surface area contributed by atoms with Gasteiger partial charge in [0, 0.05) is 0 Å². The van der Waals surface area contributed by atoms with Crippen molar-refractivity contribution in [3.63, 3.8) is 0 Å². The van der Waals surface area contributed by atoms with Crippen LogP contribution in [0.1, 0.15) is 80.6 Å². The molecule has 0 aromatic carbocycles. The number of rotatable bonds is 17. The van der Waals surface area contributed by atoms with E-state index in [4.69, 9.17) is 0 Å². The molecule has 0 saturated heterocycles. The number of hydrogen-bond acceptors (Lipinski definition) is 4. The lowest BCUT2D eigenvalue weighted by Gasteiger charge is -2.23. The summed E-state index contributed by atoms with van der Waals surface area (Å²) < 4.78 is 0. The molecule has 4 N–H and O–H groups in total. The van der Waals surface area contributed by atoms with Gasteiger partial charge in [-0.15, -0.1) is 0 Å². The molecule has 0 aliphatic rings. The van der Waals surface area contributed by atoms with Gasteiger partial charge in [-0.3, -0.25) is 0 Å². The molecule has 4 heteroatoms. The van der Waals surface area contributed by atoms with Gasteiger partial charge in [0.25, 0.3) is 0 Å². The largest absolute Gasteiger partial charge is 0.317 e. The van der Waals surface area contributed by atoms with Crippen LogP contribution in [0, 0.1) is 11.3 Å². The van der Waals surface area contributed by atoms with Crippen LogP contribution >= 0.6 is 0 Å². The monoisotopic (exact) mass is 372 g/mol. The Morgan fingerprint density at radius 3 is 1.42 bits per heavy atom. The van der Waals surface area contributed by atoms with Crippen molar-refractivity contribution in [1.29, 1.82) is 0 Å². The van der Waals surface area contributed by atoms with Gasteiger partial charge in [-0.05, 0) is 95.8 Å². The SMILES string of the molecule is CC.CCNCCCNCCCNCCCNCCC(C)CC(C)(C)C. The van der Waals surface area contributed by atoms with Gasteiger partial charge in [-0.25, -0.2) is 0 Å². The van der Waals surface area contributed by atoms with Crippen molar-refractivity contribution in [2.45, 2.75) is 80.6 Å². The summed E-state index contributed by atoms with van der Waals surface area (Å²) in [6.07, 6.45) is 6.29. The van der Waals surface area contributed by atoms with E-state index in [1.54, 1.807) is 0 Å². The van der Waals surface area contributed by atoms with Crippen LogP contribution < -0.4 is 21.3 Å². The Kier molecular flexibility index (Phi) is 22.8. The molecule has 0 saturated carbocycles. The van der Waals surface area contributed by atoms with E-state index in [1.807, 2.05) is 13.8 Å². The Balaban J connectivity index is 0. The molecule has 160 valence electrons.